The monoisotopic (exact) mass is 511 g/mol. The van der Waals surface area contributed by atoms with Crippen LogP contribution in [0.5, 0.6) is 11.5 Å². The predicted octanol–water partition coefficient (Wildman–Crippen LogP) is 1.59. The van der Waals surface area contributed by atoms with Crippen LogP contribution in [0, 0.1) is 0 Å². The van der Waals surface area contributed by atoms with E-state index >= 15 is 0 Å². The lowest BCUT2D eigenvalue weighted by Crippen LogP contribution is -2.29. The molecule has 2 aromatic carbocycles. The molecule has 0 unspecified atom stereocenters. The van der Waals surface area contributed by atoms with E-state index in [0.29, 0.717) is 25.4 Å². The molecule has 0 bridgehead atoms. The van der Waals surface area contributed by atoms with Gasteiger partial charge in [-0.2, -0.15) is 4.31 Å². The molecule has 0 spiro atoms. The van der Waals surface area contributed by atoms with Gasteiger partial charge in [-0.3, -0.25) is 4.79 Å². The Morgan fingerprint density at radius 2 is 1.65 bits per heavy atom. The third-order valence-corrected chi connectivity index (χ3v) is 8.62. The molecule has 1 aliphatic rings. The quantitative estimate of drug-likeness (QED) is 0.438. The molecular weight excluding hydrogens is 482 g/mol. The van der Waals surface area contributed by atoms with Gasteiger partial charge in [0.25, 0.3) is 5.91 Å². The van der Waals surface area contributed by atoms with Crippen LogP contribution in [0.3, 0.4) is 0 Å². The third-order valence-electron chi connectivity index (χ3n) is 5.25. The summed E-state index contributed by atoms with van der Waals surface area (Å²) in [7, 11) is -6.00. The summed E-state index contributed by atoms with van der Waals surface area (Å²) in [5.41, 5.74) is 0.118. The van der Waals surface area contributed by atoms with Gasteiger partial charge >= 0.3 is 0 Å². The van der Waals surface area contributed by atoms with E-state index in [2.05, 4.69) is 10.0 Å². The Morgan fingerprint density at radius 1 is 1.00 bits per heavy atom. The normalized spacial score (nSPS) is 14.6. The first-order chi connectivity index (χ1) is 16.2. The molecule has 0 aromatic heterocycles. The summed E-state index contributed by atoms with van der Waals surface area (Å²) in [6.07, 6.45) is 1.72. The van der Waals surface area contributed by atoms with Crippen molar-refractivity contribution < 1.29 is 31.1 Å². The molecule has 2 aromatic rings. The highest BCUT2D eigenvalue weighted by molar-refractivity contribution is 7.89. The number of ether oxygens (including phenoxy) is 2. The highest BCUT2D eigenvalue weighted by Crippen LogP contribution is 2.24. The fourth-order valence-corrected chi connectivity index (χ4v) is 6.06. The topological polar surface area (TPSA) is 131 Å². The molecular formula is C22H29N3O7S2. The number of benzene rings is 2. The number of methoxy groups -OCH3 is 1. The van der Waals surface area contributed by atoms with Gasteiger partial charge in [0.1, 0.15) is 18.1 Å². The van der Waals surface area contributed by atoms with Crippen molar-refractivity contribution >= 4 is 26.0 Å². The molecule has 12 heteroatoms. The van der Waals surface area contributed by atoms with Gasteiger partial charge in [0.2, 0.25) is 20.0 Å². The second-order valence-electron chi connectivity index (χ2n) is 7.55. The van der Waals surface area contributed by atoms with E-state index in [0.717, 1.165) is 12.8 Å². The summed E-state index contributed by atoms with van der Waals surface area (Å²) >= 11 is 0. The first-order valence-electron chi connectivity index (χ1n) is 10.9. The van der Waals surface area contributed by atoms with E-state index in [1.807, 2.05) is 0 Å². The van der Waals surface area contributed by atoms with E-state index in [1.54, 1.807) is 19.1 Å². The number of hydrogen-bond acceptors (Lipinski definition) is 7. The third kappa shape index (κ3) is 6.06. The number of amides is 1. The predicted molar refractivity (Wildman–Crippen MR) is 126 cm³/mol. The number of carbonyl (C=O) groups excluding carboxylic acids is 1. The molecule has 1 saturated heterocycles. The number of hydrogen-bond donors (Lipinski definition) is 2. The van der Waals surface area contributed by atoms with Crippen LogP contribution in [-0.2, 0) is 20.0 Å². The molecule has 0 saturated carbocycles. The number of nitrogens with one attached hydrogen (secondary N) is 2. The number of sulfonamides is 2. The van der Waals surface area contributed by atoms with Crippen LogP contribution in [0.15, 0.2) is 52.3 Å². The molecule has 0 atom stereocenters. The van der Waals surface area contributed by atoms with Crippen LogP contribution in [0.1, 0.15) is 30.1 Å². The maximum Gasteiger partial charge on any atom is 0.255 e. The van der Waals surface area contributed by atoms with Gasteiger partial charge < -0.3 is 14.8 Å². The van der Waals surface area contributed by atoms with E-state index in [1.165, 1.54) is 41.7 Å². The molecule has 0 radical (unpaired) electrons. The molecule has 1 amide bonds. The van der Waals surface area contributed by atoms with Crippen molar-refractivity contribution in [2.75, 3.05) is 39.9 Å². The van der Waals surface area contributed by atoms with Gasteiger partial charge in [-0.25, -0.2) is 21.6 Å². The van der Waals surface area contributed by atoms with Gasteiger partial charge in [0.15, 0.2) is 0 Å². The molecule has 1 heterocycles. The molecule has 1 aliphatic heterocycles. The Kier molecular flexibility index (Phi) is 8.52. The lowest BCUT2D eigenvalue weighted by atomic mass is 10.2. The van der Waals surface area contributed by atoms with Gasteiger partial charge in [0, 0.05) is 26.2 Å². The first kappa shape index (κ1) is 25.9. The average molecular weight is 512 g/mol. The second kappa shape index (κ2) is 11.2. The molecule has 34 heavy (non-hydrogen) atoms. The van der Waals surface area contributed by atoms with E-state index < -0.39 is 26.0 Å². The Morgan fingerprint density at radius 3 is 2.26 bits per heavy atom. The molecule has 1 fully saturated rings. The highest BCUT2D eigenvalue weighted by atomic mass is 32.2. The minimum atomic E-state index is -3.90. The maximum absolute atomic E-state index is 12.6. The Balaban J connectivity index is 1.58. The maximum atomic E-state index is 12.6. The van der Waals surface area contributed by atoms with E-state index in [-0.39, 0.29) is 34.3 Å². The van der Waals surface area contributed by atoms with Gasteiger partial charge in [-0.15, -0.1) is 0 Å². The van der Waals surface area contributed by atoms with Gasteiger partial charge in [-0.05, 0) is 62.2 Å². The van der Waals surface area contributed by atoms with Crippen molar-refractivity contribution in [1.82, 2.24) is 14.3 Å². The Labute approximate surface area is 200 Å². The van der Waals surface area contributed by atoms with Crippen LogP contribution >= 0.6 is 0 Å². The Bertz CT molecular complexity index is 1210. The zero-order valence-electron chi connectivity index (χ0n) is 19.1. The number of rotatable bonds is 11. The average Bonchev–Trinajstić information content (AvgIpc) is 3.38. The minimum absolute atomic E-state index is 0.0246. The van der Waals surface area contributed by atoms with E-state index in [9.17, 15) is 21.6 Å². The Hall–Kier alpha value is -2.67. The molecule has 0 aliphatic carbocycles. The fourth-order valence-electron chi connectivity index (χ4n) is 3.50. The SMILES string of the molecule is CCNC(=O)c1cc(S(=O)(=O)NCCOc2ccc(S(=O)(=O)N3CCCC3)cc2)ccc1OC. The largest absolute Gasteiger partial charge is 0.496 e. The summed E-state index contributed by atoms with van der Waals surface area (Å²) in [6.45, 7) is 3.20. The van der Waals surface area contributed by atoms with Crippen LogP contribution in [0.25, 0.3) is 0 Å². The molecule has 10 nitrogen and oxygen atoms in total. The molecule has 186 valence electrons. The van der Waals surface area contributed by atoms with Crippen LogP contribution in [0.2, 0.25) is 0 Å². The van der Waals surface area contributed by atoms with Crippen LogP contribution in [-0.4, -0.2) is 66.9 Å². The van der Waals surface area contributed by atoms with Crippen LogP contribution < -0.4 is 19.5 Å². The van der Waals surface area contributed by atoms with Crippen molar-refractivity contribution in [2.24, 2.45) is 0 Å². The lowest BCUT2D eigenvalue weighted by Gasteiger charge is -2.15. The smallest absolute Gasteiger partial charge is 0.255 e. The van der Waals surface area contributed by atoms with Gasteiger partial charge in [0.05, 0.1) is 22.5 Å². The van der Waals surface area contributed by atoms with Crippen molar-refractivity contribution in [3.05, 3.63) is 48.0 Å². The lowest BCUT2D eigenvalue weighted by molar-refractivity contribution is 0.0952. The standard InChI is InChI=1S/C22H29N3O7S2/c1-3-23-22(26)20-16-19(10-11-21(20)31-2)33(27,28)24-12-15-32-17-6-8-18(9-7-17)34(29,30)25-13-4-5-14-25/h6-11,16,24H,3-5,12-15H2,1-2H3,(H,23,26). The van der Waals surface area contributed by atoms with Crippen molar-refractivity contribution in [3.8, 4) is 11.5 Å². The number of carbonyl (C=O) groups is 1. The van der Waals surface area contributed by atoms with Crippen molar-refractivity contribution in [3.63, 3.8) is 0 Å². The zero-order valence-corrected chi connectivity index (χ0v) is 20.7. The first-order valence-corrected chi connectivity index (χ1v) is 13.8. The van der Waals surface area contributed by atoms with E-state index in [4.69, 9.17) is 9.47 Å². The summed E-state index contributed by atoms with van der Waals surface area (Å²) < 4.78 is 65.0. The minimum Gasteiger partial charge on any atom is -0.496 e. The van der Waals surface area contributed by atoms with Crippen molar-refractivity contribution in [1.29, 1.82) is 0 Å². The highest BCUT2D eigenvalue weighted by Gasteiger charge is 2.27. The van der Waals surface area contributed by atoms with Crippen LogP contribution in [0.4, 0.5) is 0 Å². The summed E-state index contributed by atoms with van der Waals surface area (Å²) in [5.74, 6) is 0.251. The molecule has 2 N–H and O–H groups in total. The summed E-state index contributed by atoms with van der Waals surface area (Å²) in [6, 6.07) is 10.1. The van der Waals surface area contributed by atoms with Gasteiger partial charge in [-0.1, -0.05) is 0 Å². The molecule has 3 rings (SSSR count). The van der Waals surface area contributed by atoms with Crippen molar-refractivity contribution in [2.45, 2.75) is 29.6 Å². The fraction of sp³-hybridized carbons (Fsp3) is 0.409. The summed E-state index contributed by atoms with van der Waals surface area (Å²) in [5, 5.41) is 2.62. The second-order valence-corrected chi connectivity index (χ2v) is 11.3. The number of nitrogens with zero attached hydrogens (tertiary/aromatic N) is 1. The zero-order chi connectivity index (χ0) is 24.8. The summed E-state index contributed by atoms with van der Waals surface area (Å²) in [4.78, 5) is 12.3.